The van der Waals surface area contributed by atoms with Crippen LogP contribution in [0, 0.1) is 6.92 Å². The van der Waals surface area contributed by atoms with E-state index in [1.54, 1.807) is 0 Å². The molecule has 0 radical (unpaired) electrons. The SMILES string of the molecule is Cc1ccccc1[C@@H]1CC=CC[C@H]1O. The molecule has 1 nitrogen and oxygen atoms in total. The van der Waals surface area contributed by atoms with E-state index in [9.17, 15) is 5.11 Å². The number of hydrogen-bond donors (Lipinski definition) is 1. The van der Waals surface area contributed by atoms with Gasteiger partial charge in [-0.2, -0.15) is 0 Å². The van der Waals surface area contributed by atoms with Crippen molar-refractivity contribution in [3.8, 4) is 0 Å². The summed E-state index contributed by atoms with van der Waals surface area (Å²) in [6.07, 6.45) is 5.79. The minimum Gasteiger partial charge on any atom is -0.392 e. The zero-order valence-corrected chi connectivity index (χ0v) is 8.48. The second-order valence-electron chi connectivity index (χ2n) is 3.97. The summed E-state index contributed by atoms with van der Waals surface area (Å²) in [7, 11) is 0. The molecule has 0 heterocycles. The van der Waals surface area contributed by atoms with Crippen LogP contribution in [0.3, 0.4) is 0 Å². The maximum absolute atomic E-state index is 9.90. The summed E-state index contributed by atoms with van der Waals surface area (Å²) >= 11 is 0. The van der Waals surface area contributed by atoms with Gasteiger partial charge in [-0.3, -0.25) is 0 Å². The van der Waals surface area contributed by atoms with E-state index in [2.05, 4.69) is 31.2 Å². The van der Waals surface area contributed by atoms with Crippen molar-refractivity contribution in [3.05, 3.63) is 47.5 Å². The molecule has 1 heteroatoms. The van der Waals surface area contributed by atoms with E-state index >= 15 is 0 Å². The summed E-state index contributed by atoms with van der Waals surface area (Å²) in [6.45, 7) is 2.11. The second-order valence-corrected chi connectivity index (χ2v) is 3.97. The zero-order chi connectivity index (χ0) is 9.97. The van der Waals surface area contributed by atoms with Crippen LogP contribution in [0.2, 0.25) is 0 Å². The third kappa shape index (κ3) is 1.73. The van der Waals surface area contributed by atoms with Crippen molar-refractivity contribution < 1.29 is 5.11 Å². The Hall–Kier alpha value is -1.08. The topological polar surface area (TPSA) is 20.2 Å². The van der Waals surface area contributed by atoms with Crippen LogP contribution in [0.25, 0.3) is 0 Å². The molecule has 14 heavy (non-hydrogen) atoms. The lowest BCUT2D eigenvalue weighted by Gasteiger charge is -2.25. The molecule has 1 N–H and O–H groups in total. The Labute approximate surface area is 85.1 Å². The molecule has 0 amide bonds. The number of benzene rings is 1. The first-order valence-electron chi connectivity index (χ1n) is 5.17. The third-order valence-electron chi connectivity index (χ3n) is 2.99. The van der Waals surface area contributed by atoms with Crippen molar-refractivity contribution in [2.45, 2.75) is 31.8 Å². The van der Waals surface area contributed by atoms with Gasteiger partial charge in [0.05, 0.1) is 6.10 Å². The molecule has 2 atom stereocenters. The Morgan fingerprint density at radius 1 is 1.14 bits per heavy atom. The minimum absolute atomic E-state index is 0.207. The number of aryl methyl sites for hydroxylation is 1. The molecule has 2 rings (SSSR count). The van der Waals surface area contributed by atoms with Gasteiger partial charge in [-0.05, 0) is 30.9 Å². The van der Waals surface area contributed by atoms with E-state index in [1.807, 2.05) is 12.1 Å². The molecule has 74 valence electrons. The van der Waals surface area contributed by atoms with Crippen LogP contribution in [0.15, 0.2) is 36.4 Å². The molecule has 0 saturated heterocycles. The fourth-order valence-corrected chi connectivity index (χ4v) is 2.14. The van der Waals surface area contributed by atoms with Gasteiger partial charge in [0.25, 0.3) is 0 Å². The smallest absolute Gasteiger partial charge is 0.0646 e. The molecule has 0 bridgehead atoms. The number of rotatable bonds is 1. The van der Waals surface area contributed by atoms with Gasteiger partial charge in [-0.15, -0.1) is 0 Å². The summed E-state index contributed by atoms with van der Waals surface area (Å²) in [4.78, 5) is 0. The molecule has 0 spiro atoms. The average molecular weight is 188 g/mol. The van der Waals surface area contributed by atoms with Crippen molar-refractivity contribution in [2.75, 3.05) is 0 Å². The van der Waals surface area contributed by atoms with Crippen molar-refractivity contribution in [2.24, 2.45) is 0 Å². The zero-order valence-electron chi connectivity index (χ0n) is 8.48. The molecule has 0 fully saturated rings. The molecule has 1 aromatic carbocycles. The molecule has 1 aromatic rings. The van der Waals surface area contributed by atoms with E-state index in [1.165, 1.54) is 11.1 Å². The standard InChI is InChI=1S/C13H16O/c1-10-6-2-3-7-11(10)12-8-4-5-9-13(12)14/h2-7,12-14H,8-9H2,1H3/t12-,13+/m0/s1. The van der Waals surface area contributed by atoms with Gasteiger partial charge >= 0.3 is 0 Å². The van der Waals surface area contributed by atoms with Crippen molar-refractivity contribution >= 4 is 0 Å². The van der Waals surface area contributed by atoms with Gasteiger partial charge in [-0.1, -0.05) is 36.4 Å². The van der Waals surface area contributed by atoms with E-state index in [0.717, 1.165) is 12.8 Å². The number of allylic oxidation sites excluding steroid dienone is 1. The highest BCUT2D eigenvalue weighted by Gasteiger charge is 2.22. The first-order valence-corrected chi connectivity index (χ1v) is 5.17. The quantitative estimate of drug-likeness (QED) is 0.672. The highest BCUT2D eigenvalue weighted by atomic mass is 16.3. The molecular formula is C13H16O. The lowest BCUT2D eigenvalue weighted by atomic mass is 9.83. The van der Waals surface area contributed by atoms with Gasteiger partial charge in [0, 0.05) is 5.92 Å². The number of aliphatic hydroxyl groups is 1. The fourth-order valence-electron chi connectivity index (χ4n) is 2.14. The Bertz CT molecular complexity index is 341. The predicted molar refractivity (Wildman–Crippen MR) is 58.3 cm³/mol. The molecular weight excluding hydrogens is 172 g/mol. The van der Waals surface area contributed by atoms with Crippen LogP contribution < -0.4 is 0 Å². The largest absolute Gasteiger partial charge is 0.392 e. The molecule has 0 aliphatic heterocycles. The summed E-state index contributed by atoms with van der Waals surface area (Å²) < 4.78 is 0. The summed E-state index contributed by atoms with van der Waals surface area (Å²) in [5, 5.41) is 9.90. The number of hydrogen-bond acceptors (Lipinski definition) is 1. The minimum atomic E-state index is -0.207. The highest BCUT2D eigenvalue weighted by molar-refractivity contribution is 5.31. The van der Waals surface area contributed by atoms with Crippen molar-refractivity contribution in [1.82, 2.24) is 0 Å². The summed E-state index contributed by atoms with van der Waals surface area (Å²) in [6, 6.07) is 8.33. The van der Waals surface area contributed by atoms with Crippen LogP contribution in [-0.2, 0) is 0 Å². The molecule has 0 saturated carbocycles. The molecule has 0 aromatic heterocycles. The molecule has 0 unspecified atom stereocenters. The van der Waals surface area contributed by atoms with E-state index in [0.29, 0.717) is 5.92 Å². The Morgan fingerprint density at radius 2 is 1.86 bits per heavy atom. The second kappa shape index (κ2) is 3.97. The van der Waals surface area contributed by atoms with E-state index in [4.69, 9.17) is 0 Å². The molecule has 1 aliphatic rings. The fraction of sp³-hybridized carbons (Fsp3) is 0.385. The van der Waals surface area contributed by atoms with Gasteiger partial charge in [0.15, 0.2) is 0 Å². The maximum atomic E-state index is 9.90. The van der Waals surface area contributed by atoms with E-state index in [-0.39, 0.29) is 6.10 Å². The van der Waals surface area contributed by atoms with Gasteiger partial charge in [0.2, 0.25) is 0 Å². The third-order valence-corrected chi connectivity index (χ3v) is 2.99. The van der Waals surface area contributed by atoms with Crippen LogP contribution in [-0.4, -0.2) is 11.2 Å². The van der Waals surface area contributed by atoms with Gasteiger partial charge in [0.1, 0.15) is 0 Å². The maximum Gasteiger partial charge on any atom is 0.0646 e. The van der Waals surface area contributed by atoms with Crippen molar-refractivity contribution in [3.63, 3.8) is 0 Å². The van der Waals surface area contributed by atoms with E-state index < -0.39 is 0 Å². The van der Waals surface area contributed by atoms with Gasteiger partial charge < -0.3 is 5.11 Å². The number of aliphatic hydroxyl groups excluding tert-OH is 1. The normalized spacial score (nSPS) is 26.4. The van der Waals surface area contributed by atoms with Crippen LogP contribution in [0.1, 0.15) is 29.9 Å². The van der Waals surface area contributed by atoms with Gasteiger partial charge in [-0.25, -0.2) is 0 Å². The van der Waals surface area contributed by atoms with Crippen molar-refractivity contribution in [1.29, 1.82) is 0 Å². The predicted octanol–water partition coefficient (Wildman–Crippen LogP) is 2.79. The highest BCUT2D eigenvalue weighted by Crippen LogP contribution is 2.31. The Morgan fingerprint density at radius 3 is 2.57 bits per heavy atom. The Kier molecular flexibility index (Phi) is 2.69. The first-order chi connectivity index (χ1) is 6.79. The Balaban J connectivity index is 2.30. The first kappa shape index (κ1) is 9.47. The summed E-state index contributed by atoms with van der Waals surface area (Å²) in [5.74, 6) is 0.293. The molecule has 1 aliphatic carbocycles. The lowest BCUT2D eigenvalue weighted by molar-refractivity contribution is 0.141. The van der Waals surface area contributed by atoms with Crippen LogP contribution in [0.5, 0.6) is 0 Å². The van der Waals surface area contributed by atoms with Crippen LogP contribution in [0.4, 0.5) is 0 Å². The summed E-state index contributed by atoms with van der Waals surface area (Å²) in [5.41, 5.74) is 2.58. The average Bonchev–Trinajstić information content (AvgIpc) is 2.20. The monoisotopic (exact) mass is 188 g/mol. The lowest BCUT2D eigenvalue weighted by Crippen LogP contribution is -2.20. The van der Waals surface area contributed by atoms with Crippen LogP contribution >= 0.6 is 0 Å².